The molecule has 0 unspecified atom stereocenters. The van der Waals surface area contributed by atoms with Gasteiger partial charge in [0.05, 0.1) is 159 Å². The third kappa shape index (κ3) is 22.8. The van der Waals surface area contributed by atoms with Gasteiger partial charge in [-0.3, -0.25) is 9.59 Å². The standard InChI is InChI=1S/C41H45N2O10P.C40H43N2O10P.C13H10N4O/c1-45-29-21-32(48-4)39(33(22-29)49-5)54(40-34(50-6)23-30(46-2)24-35(40)51-7,41-36(52-8)25-31(47-3)26-37(41)53-9)20-11-10-14-38(44)43-28-17-15-27(16-18-28)13-12-19-42;1-44-28-20-31(47-4)37(32(21-28)48-5)53(38-33(49-6)22-29(45-2)23-34(38)50-7,39-35(51-8)24-30(46-3)25-36(39)52-9)19-11-18-42-40(43)27-15-13-26(14-16-27)12-10-17-41;1-18-10-12-9-17(16-15-12)13-6-4-11(5-7-13)3-2-8-14/h15-18,21-26H,10-11,14,20H2,1-9H3;13-16,20-25H,11,18-19H2,1-9H3;4-7,9H,10H2,1H3/p+2. The van der Waals surface area contributed by atoms with Crippen LogP contribution in [0.1, 0.15) is 58.4 Å². The maximum atomic E-state index is 13.4. The van der Waals surface area contributed by atoms with E-state index < -0.39 is 14.5 Å². The summed E-state index contributed by atoms with van der Waals surface area (Å²) >= 11 is 0. The third-order valence-corrected chi connectivity index (χ3v) is 28.8. The molecule has 29 nitrogen and oxygen atoms in total. The molecule has 9 aromatic carbocycles. The fourth-order valence-electron chi connectivity index (χ4n) is 14.0. The minimum absolute atomic E-state index is 0.159. The number of methoxy groups -OCH3 is 19. The van der Waals surface area contributed by atoms with Crippen molar-refractivity contribution in [3.05, 3.63) is 180 Å². The van der Waals surface area contributed by atoms with Gasteiger partial charge in [-0.15, -0.1) is 5.10 Å². The van der Waals surface area contributed by atoms with E-state index in [1.54, 1.807) is 249 Å². The van der Waals surface area contributed by atoms with E-state index in [0.717, 1.165) is 16.9 Å². The third-order valence-electron chi connectivity index (χ3n) is 19.6. The van der Waals surface area contributed by atoms with Crippen molar-refractivity contribution in [2.24, 2.45) is 0 Å². The van der Waals surface area contributed by atoms with Gasteiger partial charge in [-0.1, -0.05) is 23.0 Å². The number of carbonyl (C=O) groups is 2. The quantitative estimate of drug-likeness (QED) is 0.0206. The number of benzene rings is 9. The van der Waals surface area contributed by atoms with Crippen molar-refractivity contribution in [3.8, 4) is 163 Å². The normalized spacial score (nSPS) is 10.3. The van der Waals surface area contributed by atoms with Gasteiger partial charge in [0.25, 0.3) is 5.91 Å². The van der Waals surface area contributed by atoms with Crippen molar-refractivity contribution in [3.63, 3.8) is 0 Å². The topological polar surface area (TPSA) is 336 Å². The summed E-state index contributed by atoms with van der Waals surface area (Å²) in [6, 6.07) is 48.1. The van der Waals surface area contributed by atoms with E-state index in [0.29, 0.717) is 196 Å². The second kappa shape index (κ2) is 47.6. The van der Waals surface area contributed by atoms with Crippen LogP contribution in [-0.2, 0) is 16.1 Å². The predicted octanol–water partition coefficient (Wildman–Crippen LogP) is 11.8. The molecular formula is C94H100N8O21P2+2. The average molecular weight is 1740 g/mol. The summed E-state index contributed by atoms with van der Waals surface area (Å²) in [5.41, 5.74) is 4.81. The highest BCUT2D eigenvalue weighted by Gasteiger charge is 2.60. The number of carbonyl (C=O) groups excluding carboxylic acids is 2. The first-order valence-corrected chi connectivity index (χ1v) is 42.3. The molecule has 1 aromatic heterocycles. The Morgan fingerprint density at radius 2 is 0.640 bits per heavy atom. The summed E-state index contributed by atoms with van der Waals surface area (Å²) < 4.78 is 115. The summed E-state index contributed by atoms with van der Waals surface area (Å²) in [6.45, 7) is 0.713. The van der Waals surface area contributed by atoms with Crippen molar-refractivity contribution >= 4 is 63.9 Å². The van der Waals surface area contributed by atoms with Crippen LogP contribution in [0.4, 0.5) is 5.69 Å². The Morgan fingerprint density at radius 3 is 0.912 bits per heavy atom. The zero-order chi connectivity index (χ0) is 90.6. The molecule has 0 bridgehead atoms. The minimum atomic E-state index is -3.23. The van der Waals surface area contributed by atoms with Gasteiger partial charge in [-0.05, 0) is 92.1 Å². The zero-order valence-electron chi connectivity index (χ0n) is 73.2. The Labute approximate surface area is 730 Å². The van der Waals surface area contributed by atoms with Crippen LogP contribution in [0.15, 0.2) is 152 Å². The van der Waals surface area contributed by atoms with Gasteiger partial charge in [0.2, 0.25) is 5.91 Å². The second-order valence-electron chi connectivity index (χ2n) is 26.3. The molecule has 31 heteroatoms. The lowest BCUT2D eigenvalue weighted by Gasteiger charge is -2.33. The molecule has 0 radical (unpaired) electrons. The molecule has 10 aromatic rings. The average Bonchev–Trinajstić information content (AvgIpc) is 0.962. The van der Waals surface area contributed by atoms with Gasteiger partial charge in [0.15, 0.2) is 119 Å². The van der Waals surface area contributed by atoms with Gasteiger partial charge in [0, 0.05) is 139 Å². The molecule has 0 saturated heterocycles. The molecule has 650 valence electrons. The fourth-order valence-corrected chi connectivity index (χ4v) is 24.4. The van der Waals surface area contributed by atoms with E-state index in [1.807, 2.05) is 60.7 Å². The monoisotopic (exact) mass is 1740 g/mol. The highest BCUT2D eigenvalue weighted by molar-refractivity contribution is 7.97. The first-order valence-electron chi connectivity index (χ1n) is 38.4. The zero-order valence-corrected chi connectivity index (χ0v) is 75.0. The number of anilines is 1. The molecule has 2 amide bonds. The van der Waals surface area contributed by atoms with Crippen LogP contribution < -0.4 is 128 Å². The van der Waals surface area contributed by atoms with Gasteiger partial charge in [0.1, 0.15) is 54.7 Å². The van der Waals surface area contributed by atoms with Crippen molar-refractivity contribution in [1.29, 1.82) is 15.8 Å². The largest absolute Gasteiger partial charge is 0.496 e. The van der Waals surface area contributed by atoms with Crippen LogP contribution in [0.5, 0.6) is 103 Å². The SMILES string of the molecule is COCc1cn(-c2ccc(C#CC#N)cc2)nn1.COc1cc(OC)c([P+](CCCCC(=O)Nc2ccc(C#CC#N)cc2)(c2c(OC)cc(OC)cc2OC)c2c(OC)cc(OC)cc2OC)c(OC)c1.COc1cc(OC)c([P+](CCCNC(=O)c2ccc(C#CC#N)cc2)(c2c(OC)cc(OC)cc2OC)c2c(OC)cc(OC)cc2OC)c(OC)c1. The van der Waals surface area contributed by atoms with Crippen LogP contribution in [0.25, 0.3) is 5.69 Å². The number of rotatable bonds is 38. The smallest absolute Gasteiger partial charge is 0.251 e. The van der Waals surface area contributed by atoms with Crippen LogP contribution in [0.2, 0.25) is 0 Å². The summed E-state index contributed by atoms with van der Waals surface area (Å²) in [6.07, 6.45) is 4.36. The maximum Gasteiger partial charge on any atom is 0.251 e. The highest BCUT2D eigenvalue weighted by atomic mass is 31.2. The number of amides is 2. The van der Waals surface area contributed by atoms with Gasteiger partial charge in [-0.25, -0.2) is 4.68 Å². The van der Waals surface area contributed by atoms with Gasteiger partial charge in [-0.2, -0.15) is 15.8 Å². The Bertz CT molecular complexity index is 5260. The van der Waals surface area contributed by atoms with E-state index in [2.05, 4.69) is 56.5 Å². The van der Waals surface area contributed by atoms with E-state index in [-0.39, 0.29) is 24.8 Å². The molecule has 125 heavy (non-hydrogen) atoms. The van der Waals surface area contributed by atoms with Crippen LogP contribution >= 0.6 is 14.5 Å². The van der Waals surface area contributed by atoms with Crippen LogP contribution in [-0.4, -0.2) is 181 Å². The minimum Gasteiger partial charge on any atom is -0.496 e. The molecule has 0 spiro atoms. The Morgan fingerprint density at radius 1 is 0.360 bits per heavy atom. The molecule has 0 aliphatic rings. The lowest BCUT2D eigenvalue weighted by Crippen LogP contribution is -2.38. The van der Waals surface area contributed by atoms with Crippen molar-refractivity contribution in [2.45, 2.75) is 32.3 Å². The van der Waals surface area contributed by atoms with E-state index in [1.165, 1.54) is 0 Å². The summed E-state index contributed by atoms with van der Waals surface area (Å²) in [4.78, 5) is 26.7. The van der Waals surface area contributed by atoms with Gasteiger partial charge < -0.3 is 101 Å². The fraction of sp³-hybridized carbons (Fsp3) is 0.287. The van der Waals surface area contributed by atoms with E-state index in [4.69, 9.17) is 106 Å². The molecule has 2 N–H and O–H groups in total. The highest BCUT2D eigenvalue weighted by Crippen LogP contribution is 2.69. The number of nitrogens with one attached hydrogen (secondary N) is 2. The van der Waals surface area contributed by atoms with Crippen molar-refractivity contribution < 1.29 is 99.6 Å². The van der Waals surface area contributed by atoms with E-state index in [9.17, 15) is 9.59 Å². The Hall–Kier alpha value is -14.6. The Balaban J connectivity index is 0.000000258. The van der Waals surface area contributed by atoms with Crippen molar-refractivity contribution in [1.82, 2.24) is 20.3 Å². The molecule has 0 saturated carbocycles. The molecular weight excluding hydrogens is 1640 g/mol. The summed E-state index contributed by atoms with van der Waals surface area (Å²) in [7, 11) is 23.6. The number of hydrogen-bond acceptors (Lipinski definition) is 26. The number of nitriles is 3. The lowest BCUT2D eigenvalue weighted by atomic mass is 10.1. The Kier molecular flexibility index (Phi) is 36.5. The molecule has 0 aliphatic carbocycles. The second-order valence-corrected chi connectivity index (χ2v) is 33.2. The lowest BCUT2D eigenvalue weighted by molar-refractivity contribution is -0.116. The molecule has 0 aliphatic heterocycles. The number of aromatic nitrogens is 3. The molecule has 0 fully saturated rings. The number of ether oxygens (including phenoxy) is 19. The predicted molar refractivity (Wildman–Crippen MR) is 480 cm³/mol. The van der Waals surface area contributed by atoms with Gasteiger partial charge >= 0.3 is 0 Å². The first-order chi connectivity index (χ1) is 60.8. The number of unbranched alkanes of at least 4 members (excludes halogenated alkanes) is 1. The van der Waals surface area contributed by atoms with Crippen LogP contribution in [0.3, 0.4) is 0 Å². The number of nitrogens with zero attached hydrogens (tertiary/aromatic N) is 6. The van der Waals surface area contributed by atoms with E-state index >= 15 is 0 Å². The van der Waals surface area contributed by atoms with Crippen molar-refractivity contribution in [2.75, 3.05) is 159 Å². The molecule has 1 heterocycles. The summed E-state index contributed by atoms with van der Waals surface area (Å²) in [5, 5.41) is 44.0. The first kappa shape index (κ1) is 95.9. The van der Waals surface area contributed by atoms with Crippen LogP contribution in [0, 0.1) is 69.5 Å². The summed E-state index contributed by atoms with van der Waals surface area (Å²) in [5.74, 6) is 23.7. The molecule has 10 rings (SSSR count). The molecule has 0 atom stereocenters. The number of hydrogen-bond donors (Lipinski definition) is 2. The maximum absolute atomic E-state index is 13.4.